The predicted molar refractivity (Wildman–Crippen MR) is 141 cm³/mol. The van der Waals surface area contributed by atoms with Gasteiger partial charge in [-0.25, -0.2) is 8.42 Å². The van der Waals surface area contributed by atoms with E-state index in [4.69, 9.17) is 0 Å². The third-order valence-corrected chi connectivity index (χ3v) is 8.34. The minimum Gasteiger partial charge on any atom is -0.469 e. The highest BCUT2D eigenvalue weighted by molar-refractivity contribution is 7.89. The maximum atomic E-state index is 13.3. The van der Waals surface area contributed by atoms with Gasteiger partial charge in [-0.1, -0.05) is 60.7 Å². The van der Waals surface area contributed by atoms with Crippen molar-refractivity contribution >= 4 is 27.6 Å². The molecule has 1 amide bonds. The Morgan fingerprint density at radius 3 is 1.86 bits per heavy atom. The number of nitrogens with one attached hydrogen (secondary N) is 1. The van der Waals surface area contributed by atoms with Gasteiger partial charge in [0.15, 0.2) is 0 Å². The van der Waals surface area contributed by atoms with Crippen LogP contribution in [0.5, 0.6) is 0 Å². The van der Waals surface area contributed by atoms with Gasteiger partial charge in [0.25, 0.3) is 0 Å². The Labute approximate surface area is 217 Å². The van der Waals surface area contributed by atoms with E-state index in [1.165, 1.54) is 34.7 Å². The molecule has 1 saturated heterocycles. The van der Waals surface area contributed by atoms with Crippen LogP contribution in [-0.4, -0.2) is 62.8 Å². The van der Waals surface area contributed by atoms with E-state index in [1.54, 1.807) is 12.1 Å². The van der Waals surface area contributed by atoms with E-state index in [-0.39, 0.29) is 29.7 Å². The van der Waals surface area contributed by atoms with Crippen LogP contribution in [-0.2, 0) is 24.3 Å². The Morgan fingerprint density at radius 2 is 1.35 bits per heavy atom. The standard InChI is InChI=1S/C28H31N3O5S/c1-36-27(33)17-16-26(32)29-24-12-14-25(15-13-24)37(34,35)31-20-18-30(19-21-31)28(22-8-4-2-5-9-22)23-10-6-3-7-11-23/h2-15,28H,16-21H2,1H3,(H,29,32). The SMILES string of the molecule is COC(=O)CCC(=O)Nc1ccc(S(=O)(=O)N2CCN(C(c3ccccc3)c3ccccc3)CC2)cc1. The summed E-state index contributed by atoms with van der Waals surface area (Å²) in [6.07, 6.45) is -0.0276. The molecule has 37 heavy (non-hydrogen) atoms. The van der Waals surface area contributed by atoms with E-state index in [0.717, 1.165) is 0 Å². The number of nitrogens with zero attached hydrogens (tertiary/aromatic N) is 2. The molecule has 3 aromatic carbocycles. The molecular weight excluding hydrogens is 490 g/mol. The molecule has 0 unspecified atom stereocenters. The summed E-state index contributed by atoms with van der Waals surface area (Å²) in [6, 6.07) is 26.7. The number of hydrogen-bond donors (Lipinski definition) is 1. The fourth-order valence-corrected chi connectivity index (χ4v) is 5.91. The highest BCUT2D eigenvalue weighted by atomic mass is 32.2. The van der Waals surface area contributed by atoms with Crippen LogP contribution in [0, 0.1) is 0 Å². The Morgan fingerprint density at radius 1 is 0.811 bits per heavy atom. The number of hydrogen-bond acceptors (Lipinski definition) is 6. The molecule has 3 aromatic rings. The summed E-state index contributed by atoms with van der Waals surface area (Å²) in [5, 5.41) is 2.67. The summed E-state index contributed by atoms with van der Waals surface area (Å²) in [7, 11) is -2.41. The van der Waals surface area contributed by atoms with Gasteiger partial charge in [0.2, 0.25) is 15.9 Å². The van der Waals surface area contributed by atoms with Crippen molar-refractivity contribution in [2.45, 2.75) is 23.8 Å². The molecule has 0 radical (unpaired) electrons. The summed E-state index contributed by atoms with van der Waals surface area (Å²) in [4.78, 5) is 25.7. The summed E-state index contributed by atoms with van der Waals surface area (Å²) in [5.41, 5.74) is 2.82. The number of benzene rings is 3. The molecule has 1 heterocycles. The van der Waals surface area contributed by atoms with Crippen LogP contribution in [0.4, 0.5) is 5.69 Å². The Bertz CT molecular complexity index is 1250. The Hall–Kier alpha value is -3.53. The van der Waals surface area contributed by atoms with E-state index in [0.29, 0.717) is 31.9 Å². The van der Waals surface area contributed by atoms with Crippen molar-refractivity contribution in [3.63, 3.8) is 0 Å². The van der Waals surface area contributed by atoms with Crippen molar-refractivity contribution in [2.75, 3.05) is 38.6 Å². The average Bonchev–Trinajstić information content (AvgIpc) is 2.93. The number of ether oxygens (including phenoxy) is 1. The topological polar surface area (TPSA) is 96.0 Å². The van der Waals surface area contributed by atoms with Gasteiger partial charge in [0.1, 0.15) is 0 Å². The van der Waals surface area contributed by atoms with E-state index >= 15 is 0 Å². The summed E-state index contributed by atoms with van der Waals surface area (Å²) < 4.78 is 32.7. The number of sulfonamides is 1. The summed E-state index contributed by atoms with van der Waals surface area (Å²) >= 11 is 0. The van der Waals surface area contributed by atoms with Gasteiger partial charge < -0.3 is 10.1 Å². The second-order valence-electron chi connectivity index (χ2n) is 8.81. The largest absolute Gasteiger partial charge is 0.469 e. The second-order valence-corrected chi connectivity index (χ2v) is 10.8. The fraction of sp³-hybridized carbons (Fsp3) is 0.286. The number of carbonyl (C=O) groups excluding carboxylic acids is 2. The van der Waals surface area contributed by atoms with Gasteiger partial charge in [-0.05, 0) is 35.4 Å². The molecular formula is C28H31N3O5S. The van der Waals surface area contributed by atoms with Gasteiger partial charge in [0, 0.05) is 38.3 Å². The van der Waals surface area contributed by atoms with Gasteiger partial charge in [-0.3, -0.25) is 14.5 Å². The van der Waals surface area contributed by atoms with E-state index in [1.807, 2.05) is 36.4 Å². The number of rotatable bonds is 9. The van der Waals surface area contributed by atoms with Crippen molar-refractivity contribution in [3.05, 3.63) is 96.1 Å². The van der Waals surface area contributed by atoms with Crippen LogP contribution < -0.4 is 5.32 Å². The van der Waals surface area contributed by atoms with E-state index in [2.05, 4.69) is 39.2 Å². The summed E-state index contributed by atoms with van der Waals surface area (Å²) in [6.45, 7) is 1.96. The highest BCUT2D eigenvalue weighted by Crippen LogP contribution is 2.30. The lowest BCUT2D eigenvalue weighted by molar-refractivity contribution is -0.141. The first-order valence-electron chi connectivity index (χ1n) is 12.2. The number of anilines is 1. The number of esters is 1. The van der Waals surface area contributed by atoms with Crippen molar-refractivity contribution < 1.29 is 22.7 Å². The zero-order valence-corrected chi connectivity index (χ0v) is 21.6. The first-order valence-corrected chi connectivity index (χ1v) is 13.6. The maximum absolute atomic E-state index is 13.3. The van der Waals surface area contributed by atoms with Crippen molar-refractivity contribution in [2.24, 2.45) is 0 Å². The molecule has 1 fully saturated rings. The van der Waals surface area contributed by atoms with Crippen molar-refractivity contribution in [1.29, 1.82) is 0 Å². The first-order chi connectivity index (χ1) is 17.9. The van der Waals surface area contributed by atoms with Gasteiger partial charge in [-0.2, -0.15) is 4.31 Å². The van der Waals surface area contributed by atoms with Crippen LogP contribution >= 0.6 is 0 Å². The molecule has 1 aliphatic heterocycles. The molecule has 0 saturated carbocycles. The van der Waals surface area contributed by atoms with Gasteiger partial charge in [0.05, 0.1) is 24.5 Å². The fourth-order valence-electron chi connectivity index (χ4n) is 4.49. The second kappa shape index (κ2) is 12.1. The minimum absolute atomic E-state index is 0.00996. The van der Waals surface area contributed by atoms with Crippen LogP contribution in [0.2, 0.25) is 0 Å². The lowest BCUT2D eigenvalue weighted by Crippen LogP contribution is -2.49. The van der Waals surface area contributed by atoms with Crippen LogP contribution in [0.15, 0.2) is 89.8 Å². The summed E-state index contributed by atoms with van der Waals surface area (Å²) in [5.74, 6) is -0.806. The maximum Gasteiger partial charge on any atom is 0.306 e. The number of carbonyl (C=O) groups is 2. The molecule has 0 aromatic heterocycles. The quantitative estimate of drug-likeness (QED) is 0.432. The van der Waals surface area contributed by atoms with Crippen molar-refractivity contribution in [1.82, 2.24) is 9.21 Å². The Balaban J connectivity index is 1.40. The lowest BCUT2D eigenvalue weighted by atomic mass is 9.96. The third-order valence-electron chi connectivity index (χ3n) is 6.43. The first kappa shape index (κ1) is 26.5. The zero-order chi connectivity index (χ0) is 26.3. The smallest absolute Gasteiger partial charge is 0.306 e. The van der Waals surface area contributed by atoms with Gasteiger partial charge >= 0.3 is 5.97 Å². The minimum atomic E-state index is -3.68. The van der Waals surface area contributed by atoms with Crippen LogP contribution in [0.1, 0.15) is 30.0 Å². The van der Waals surface area contributed by atoms with Gasteiger partial charge in [-0.15, -0.1) is 0 Å². The lowest BCUT2D eigenvalue weighted by Gasteiger charge is -2.39. The molecule has 1 aliphatic rings. The predicted octanol–water partition coefficient (Wildman–Crippen LogP) is 3.67. The molecule has 194 valence electrons. The molecule has 8 nitrogen and oxygen atoms in total. The highest BCUT2D eigenvalue weighted by Gasteiger charge is 2.32. The van der Waals surface area contributed by atoms with Crippen LogP contribution in [0.3, 0.4) is 0 Å². The number of amides is 1. The average molecular weight is 522 g/mol. The number of piperazine rings is 1. The third kappa shape index (κ3) is 6.62. The molecule has 1 N–H and O–H groups in total. The molecule has 0 spiro atoms. The van der Waals surface area contributed by atoms with Crippen molar-refractivity contribution in [3.8, 4) is 0 Å². The molecule has 9 heteroatoms. The van der Waals surface area contributed by atoms with E-state index < -0.39 is 16.0 Å². The molecule has 0 atom stereocenters. The molecule has 0 bridgehead atoms. The zero-order valence-electron chi connectivity index (χ0n) is 20.7. The molecule has 0 aliphatic carbocycles. The number of methoxy groups -OCH3 is 1. The normalized spacial score (nSPS) is 14.9. The Kier molecular flexibility index (Phi) is 8.70. The monoisotopic (exact) mass is 521 g/mol. The van der Waals surface area contributed by atoms with Crippen LogP contribution in [0.25, 0.3) is 0 Å². The van der Waals surface area contributed by atoms with E-state index in [9.17, 15) is 18.0 Å². The molecule has 4 rings (SSSR count).